The average Bonchev–Trinajstić information content (AvgIpc) is 3.72. The van der Waals surface area contributed by atoms with Gasteiger partial charge in [0.2, 0.25) is 11.8 Å². The summed E-state index contributed by atoms with van der Waals surface area (Å²) in [5.74, 6) is -2.61. The van der Waals surface area contributed by atoms with Gasteiger partial charge >= 0.3 is 5.69 Å². The monoisotopic (exact) mass is 768 g/mol. The first kappa shape index (κ1) is 37.4. The molecule has 3 fully saturated rings. The highest BCUT2D eigenvalue weighted by atomic mass is 19.1. The van der Waals surface area contributed by atoms with Gasteiger partial charge in [-0.15, -0.1) is 0 Å². The van der Waals surface area contributed by atoms with Crippen molar-refractivity contribution in [2.75, 3.05) is 44.0 Å². The fourth-order valence-corrected chi connectivity index (χ4v) is 9.02. The lowest BCUT2D eigenvalue weighted by atomic mass is 9.85. The van der Waals surface area contributed by atoms with E-state index in [1.807, 2.05) is 29.1 Å². The number of piperidine rings is 2. The number of para-hydroxylation sites is 1. The van der Waals surface area contributed by atoms with E-state index in [2.05, 4.69) is 27.5 Å². The average molecular weight is 769 g/mol. The van der Waals surface area contributed by atoms with Gasteiger partial charge in [0, 0.05) is 56.8 Å². The number of anilines is 2. The molecular weight excluding hydrogens is 722 g/mol. The molecule has 0 radical (unpaired) electrons. The van der Waals surface area contributed by atoms with Gasteiger partial charge in [0.15, 0.2) is 0 Å². The van der Waals surface area contributed by atoms with Crippen LogP contribution in [0.5, 0.6) is 5.75 Å². The molecule has 0 spiro atoms. The Labute approximate surface area is 322 Å². The summed E-state index contributed by atoms with van der Waals surface area (Å²) in [6.45, 7) is 2.71. The number of carbonyl (C=O) groups excluding carboxylic acids is 3. The van der Waals surface area contributed by atoms with Crippen molar-refractivity contribution in [1.29, 1.82) is 0 Å². The maximum absolute atomic E-state index is 14.3. The van der Waals surface area contributed by atoms with Crippen molar-refractivity contribution in [2.45, 2.75) is 69.5 Å². The number of imidazole rings is 1. The Morgan fingerprint density at radius 2 is 1.70 bits per heavy atom. The predicted molar refractivity (Wildman–Crippen MR) is 208 cm³/mol. The number of aryl methyl sites for hydroxylation is 1. The lowest BCUT2D eigenvalue weighted by molar-refractivity contribution is -0.135. The number of amides is 3. The fraction of sp³-hybridized carbons (Fsp3) is 0.439. The van der Waals surface area contributed by atoms with Crippen LogP contribution in [0.15, 0.2) is 59.5 Å². The predicted octanol–water partition coefficient (Wildman–Crippen LogP) is 5.54. The molecule has 13 nitrogen and oxygen atoms in total. The summed E-state index contributed by atoms with van der Waals surface area (Å²) in [7, 11) is 5.44. The topological polar surface area (TPSA) is 136 Å². The van der Waals surface area contributed by atoms with Crippen LogP contribution in [0, 0.1) is 17.6 Å². The summed E-state index contributed by atoms with van der Waals surface area (Å²) in [5, 5.41) is 10.6. The Bertz CT molecular complexity index is 2370. The normalized spacial score (nSPS) is 20.9. The van der Waals surface area contributed by atoms with Crippen LogP contribution < -0.4 is 26.0 Å². The summed E-state index contributed by atoms with van der Waals surface area (Å²) < 4.78 is 39.2. The number of methoxy groups -OCH3 is 1. The first-order chi connectivity index (χ1) is 27.0. The number of ether oxygens (including phenoxy) is 1. The highest BCUT2D eigenvalue weighted by Gasteiger charge is 2.33. The van der Waals surface area contributed by atoms with E-state index >= 15 is 0 Å². The van der Waals surface area contributed by atoms with Gasteiger partial charge in [-0.1, -0.05) is 12.1 Å². The molecule has 15 heteroatoms. The van der Waals surface area contributed by atoms with E-state index in [9.17, 15) is 28.0 Å². The molecule has 0 bridgehead atoms. The van der Waals surface area contributed by atoms with Gasteiger partial charge in [0.1, 0.15) is 29.0 Å². The van der Waals surface area contributed by atoms with E-state index in [1.165, 1.54) is 13.2 Å². The number of hydrogen-bond acceptors (Lipinski definition) is 8. The molecule has 1 saturated carbocycles. The Morgan fingerprint density at radius 1 is 0.982 bits per heavy atom. The number of rotatable bonds is 9. The zero-order valence-electron chi connectivity index (χ0n) is 31.8. The summed E-state index contributed by atoms with van der Waals surface area (Å²) in [6, 6.07) is 12.6. The Balaban J connectivity index is 0.871. The SMILES string of the molecule is COc1cc2nn([C@H]3CC[C@H](CN(C)C4CCN(c5cccc6c5n(C)c(=O)n6C5CCC(=O)NC5=O)CC4)CC3)cc2cc1NC(=O)c1c(F)cccc1F. The van der Waals surface area contributed by atoms with Crippen LogP contribution in [-0.4, -0.2) is 81.4 Å². The largest absolute Gasteiger partial charge is 0.494 e. The van der Waals surface area contributed by atoms with Crippen molar-refractivity contribution >= 4 is 51.0 Å². The molecule has 5 aromatic rings. The number of hydrogen-bond donors (Lipinski definition) is 2. The summed E-state index contributed by atoms with van der Waals surface area (Å²) in [4.78, 5) is 55.6. The molecule has 1 atom stereocenters. The molecule has 2 aliphatic heterocycles. The van der Waals surface area contributed by atoms with Gasteiger partial charge in [-0.25, -0.2) is 13.6 Å². The molecule has 4 heterocycles. The van der Waals surface area contributed by atoms with Gasteiger partial charge in [0.25, 0.3) is 5.91 Å². The number of carbonyl (C=O) groups is 3. The number of fused-ring (bicyclic) bond motifs is 2. The van der Waals surface area contributed by atoms with Gasteiger partial charge in [-0.2, -0.15) is 5.10 Å². The third kappa shape index (κ3) is 6.92. The second-order valence-electron chi connectivity index (χ2n) is 15.4. The van der Waals surface area contributed by atoms with Crippen LogP contribution in [-0.2, 0) is 16.6 Å². The number of imide groups is 1. The molecule has 3 aliphatic rings. The second-order valence-corrected chi connectivity index (χ2v) is 15.4. The molecule has 3 aromatic carbocycles. The number of nitrogens with one attached hydrogen (secondary N) is 2. The molecule has 2 saturated heterocycles. The Morgan fingerprint density at radius 3 is 2.39 bits per heavy atom. The van der Waals surface area contributed by atoms with E-state index in [-0.39, 0.29) is 24.1 Å². The standard InChI is InChI=1S/C41H46F2N8O5/c1-47(26-16-18-49(19-17-26)32-8-5-9-33-38(32)48(2)41(55)51(33)34-14-15-36(52)45-39(34)53)22-24-10-12-27(13-11-24)50-23-25-20-31(35(56-3)21-30(25)46-50)44-40(54)37-28(42)6-4-7-29(37)43/h4-9,20-21,23-24,26-27,34H,10-19,22H2,1-3H3,(H,44,54)(H,45,52,53)/t24-,27-,34?. The van der Waals surface area contributed by atoms with Crippen LogP contribution in [0.25, 0.3) is 21.9 Å². The molecule has 56 heavy (non-hydrogen) atoms. The van der Waals surface area contributed by atoms with Crippen molar-refractivity contribution in [1.82, 2.24) is 29.1 Å². The van der Waals surface area contributed by atoms with E-state index in [4.69, 9.17) is 9.84 Å². The number of halogens is 2. The molecule has 1 unspecified atom stereocenters. The van der Waals surface area contributed by atoms with Crippen LogP contribution in [0.1, 0.15) is 73.8 Å². The molecule has 2 N–H and O–H groups in total. The number of aromatic nitrogens is 4. The summed E-state index contributed by atoms with van der Waals surface area (Å²) in [6.07, 6.45) is 8.57. The van der Waals surface area contributed by atoms with Gasteiger partial charge in [0.05, 0.1) is 41.1 Å². The van der Waals surface area contributed by atoms with Crippen molar-refractivity contribution in [3.63, 3.8) is 0 Å². The van der Waals surface area contributed by atoms with Crippen LogP contribution in [0.2, 0.25) is 0 Å². The van der Waals surface area contributed by atoms with E-state index in [0.29, 0.717) is 40.9 Å². The third-order valence-corrected chi connectivity index (χ3v) is 12.0. The maximum atomic E-state index is 14.3. The van der Waals surface area contributed by atoms with Gasteiger partial charge in [-0.05, 0) is 88.2 Å². The lowest BCUT2D eigenvalue weighted by Gasteiger charge is -2.40. The van der Waals surface area contributed by atoms with Gasteiger partial charge in [-0.3, -0.25) is 33.5 Å². The van der Waals surface area contributed by atoms with Gasteiger partial charge < -0.3 is 19.9 Å². The van der Waals surface area contributed by atoms with Crippen molar-refractivity contribution < 1.29 is 27.9 Å². The third-order valence-electron chi connectivity index (χ3n) is 12.0. The molecule has 294 valence electrons. The van der Waals surface area contributed by atoms with E-state index in [0.717, 1.165) is 86.9 Å². The molecule has 3 amide bonds. The second kappa shape index (κ2) is 15.2. The van der Waals surface area contributed by atoms with Crippen LogP contribution in [0.4, 0.5) is 20.2 Å². The number of nitrogens with zero attached hydrogens (tertiary/aromatic N) is 6. The van der Waals surface area contributed by atoms with Crippen molar-refractivity contribution in [3.05, 3.63) is 82.4 Å². The zero-order chi connectivity index (χ0) is 39.2. The minimum absolute atomic E-state index is 0.204. The molecular formula is C41H46F2N8O5. The van der Waals surface area contributed by atoms with E-state index in [1.54, 1.807) is 28.3 Å². The molecule has 2 aromatic heterocycles. The Kier molecular flexibility index (Phi) is 10.1. The minimum atomic E-state index is -0.941. The summed E-state index contributed by atoms with van der Waals surface area (Å²) >= 11 is 0. The first-order valence-electron chi connectivity index (χ1n) is 19.3. The van der Waals surface area contributed by atoms with Crippen molar-refractivity contribution in [3.8, 4) is 5.75 Å². The quantitative estimate of drug-likeness (QED) is 0.187. The first-order valence-corrected chi connectivity index (χ1v) is 19.3. The highest BCUT2D eigenvalue weighted by Crippen LogP contribution is 2.37. The highest BCUT2D eigenvalue weighted by molar-refractivity contribution is 6.06. The van der Waals surface area contributed by atoms with Crippen LogP contribution >= 0.6 is 0 Å². The Hall–Kier alpha value is -5.57. The molecule has 8 rings (SSSR count). The van der Waals surface area contributed by atoms with Crippen molar-refractivity contribution in [2.24, 2.45) is 13.0 Å². The van der Waals surface area contributed by atoms with E-state index < -0.39 is 35.1 Å². The maximum Gasteiger partial charge on any atom is 0.329 e. The minimum Gasteiger partial charge on any atom is -0.494 e. The molecule has 1 aliphatic carbocycles. The fourth-order valence-electron chi connectivity index (χ4n) is 9.02. The zero-order valence-corrected chi connectivity index (χ0v) is 31.8. The lowest BCUT2D eigenvalue weighted by Crippen LogP contribution is -2.45. The summed E-state index contributed by atoms with van der Waals surface area (Å²) in [5.41, 5.74) is 2.59. The van der Waals surface area contributed by atoms with Crippen LogP contribution in [0.3, 0.4) is 0 Å². The number of benzene rings is 3. The smallest absolute Gasteiger partial charge is 0.329 e.